The van der Waals surface area contributed by atoms with Crippen LogP contribution >= 0.6 is 11.8 Å². The van der Waals surface area contributed by atoms with Crippen LogP contribution in [0.25, 0.3) is 5.69 Å². The molecule has 9 heteroatoms. The fourth-order valence-electron chi connectivity index (χ4n) is 5.35. The molecule has 41 heavy (non-hydrogen) atoms. The first kappa shape index (κ1) is 25.2. The predicted octanol–water partition coefficient (Wildman–Crippen LogP) is 8.29. The number of hydrogen-bond acceptors (Lipinski definition) is 6. The number of thioether (sulfide) groups is 1. The Kier molecular flexibility index (Phi) is 6.36. The van der Waals surface area contributed by atoms with Crippen molar-refractivity contribution < 1.29 is 8.78 Å². The highest BCUT2D eigenvalue weighted by Crippen LogP contribution is 2.48. The molecule has 0 spiro atoms. The lowest BCUT2D eigenvalue weighted by molar-refractivity contribution is 0.252. The molecule has 2 aliphatic heterocycles. The molecule has 0 aliphatic carbocycles. The van der Waals surface area contributed by atoms with E-state index < -0.39 is 5.76 Å². The van der Waals surface area contributed by atoms with E-state index in [1.807, 2.05) is 78.3 Å². The third-order valence-corrected chi connectivity index (χ3v) is 7.82. The third kappa shape index (κ3) is 4.58. The number of aryl methyl sites for hydroxylation is 1. The summed E-state index contributed by atoms with van der Waals surface area (Å²) in [5.74, 6) is -0.525. The number of fused-ring (bicyclic) bond motifs is 4. The van der Waals surface area contributed by atoms with Crippen molar-refractivity contribution in [2.75, 3.05) is 10.2 Å². The average molecular weight is 563 g/mol. The maximum Gasteiger partial charge on any atom is 0.288 e. The lowest BCUT2D eigenvalue weighted by Gasteiger charge is -2.40. The van der Waals surface area contributed by atoms with Gasteiger partial charge in [-0.2, -0.15) is 13.9 Å². The van der Waals surface area contributed by atoms with Crippen molar-refractivity contribution in [1.82, 2.24) is 9.78 Å². The number of hydrogen-bond donors (Lipinski definition) is 1. The van der Waals surface area contributed by atoms with E-state index >= 15 is 0 Å². The first-order valence-electron chi connectivity index (χ1n) is 13.1. The molecule has 1 atom stereocenters. The largest absolute Gasteiger partial charge is 0.337 e. The molecular formula is C32H24F2N6S. The van der Waals surface area contributed by atoms with Crippen molar-refractivity contribution in [3.8, 4) is 5.69 Å². The SMILES string of the molecule is Cc1nn(-c2ccccc2)c2c1[C@H](c1ccccc1)N1C(=N2)C(Nc2ccc(SC(F)F)cc2)=Nc2ccccc21. The van der Waals surface area contributed by atoms with Crippen LogP contribution in [0.15, 0.2) is 124 Å². The summed E-state index contributed by atoms with van der Waals surface area (Å²) in [7, 11) is 0. The molecule has 4 aromatic carbocycles. The lowest BCUT2D eigenvalue weighted by atomic mass is 9.93. The Morgan fingerprint density at radius 3 is 2.22 bits per heavy atom. The van der Waals surface area contributed by atoms with E-state index in [0.717, 1.165) is 45.4 Å². The predicted molar refractivity (Wildman–Crippen MR) is 162 cm³/mol. The van der Waals surface area contributed by atoms with E-state index in [1.54, 1.807) is 24.3 Å². The molecule has 3 heterocycles. The van der Waals surface area contributed by atoms with Crippen LogP contribution in [0.4, 0.5) is 31.7 Å². The minimum absolute atomic E-state index is 0.213. The zero-order valence-electron chi connectivity index (χ0n) is 21.9. The lowest BCUT2D eigenvalue weighted by Crippen LogP contribution is -2.46. The summed E-state index contributed by atoms with van der Waals surface area (Å²) in [6.45, 7) is 2.02. The zero-order chi connectivity index (χ0) is 27.9. The molecule has 0 fully saturated rings. The van der Waals surface area contributed by atoms with Gasteiger partial charge < -0.3 is 10.2 Å². The molecule has 0 bridgehead atoms. The summed E-state index contributed by atoms with van der Waals surface area (Å²) in [5.41, 5.74) is 6.38. The zero-order valence-corrected chi connectivity index (χ0v) is 22.8. The number of para-hydroxylation sites is 3. The molecule has 0 saturated carbocycles. The maximum absolute atomic E-state index is 12.9. The Hall–Kier alpha value is -4.76. The van der Waals surface area contributed by atoms with Crippen LogP contribution in [0.2, 0.25) is 0 Å². The van der Waals surface area contributed by atoms with Crippen LogP contribution in [0.1, 0.15) is 22.9 Å². The minimum Gasteiger partial charge on any atom is -0.337 e. The van der Waals surface area contributed by atoms with Gasteiger partial charge in [-0.05, 0) is 61.0 Å². The Labute approximate surface area is 240 Å². The number of benzene rings is 4. The van der Waals surface area contributed by atoms with Crippen LogP contribution in [0.3, 0.4) is 0 Å². The third-order valence-electron chi connectivity index (χ3n) is 7.10. The van der Waals surface area contributed by atoms with Gasteiger partial charge in [-0.1, -0.05) is 72.4 Å². The molecule has 202 valence electrons. The first-order valence-corrected chi connectivity index (χ1v) is 14.0. The Balaban J connectivity index is 1.42. The molecular weight excluding hydrogens is 538 g/mol. The fraction of sp³-hybridized carbons (Fsp3) is 0.0938. The summed E-state index contributed by atoms with van der Waals surface area (Å²) in [6, 6.07) is 35.0. The summed E-state index contributed by atoms with van der Waals surface area (Å²) < 4.78 is 27.6. The van der Waals surface area contributed by atoms with E-state index in [2.05, 4.69) is 28.4 Å². The number of rotatable bonds is 5. The number of alkyl halides is 2. The number of nitrogens with one attached hydrogen (secondary N) is 1. The van der Waals surface area contributed by atoms with Crippen molar-refractivity contribution in [1.29, 1.82) is 0 Å². The number of anilines is 2. The fourth-order valence-corrected chi connectivity index (χ4v) is 5.85. The monoisotopic (exact) mass is 562 g/mol. The second-order valence-corrected chi connectivity index (χ2v) is 10.7. The first-order chi connectivity index (χ1) is 20.1. The second-order valence-electron chi connectivity index (χ2n) is 9.67. The summed E-state index contributed by atoms with van der Waals surface area (Å²) in [6.07, 6.45) is 0. The van der Waals surface area contributed by atoms with Crippen molar-refractivity contribution in [2.24, 2.45) is 9.98 Å². The van der Waals surface area contributed by atoms with Crippen molar-refractivity contribution in [3.05, 3.63) is 126 Å². The van der Waals surface area contributed by atoms with Gasteiger partial charge in [0.2, 0.25) is 0 Å². The van der Waals surface area contributed by atoms with Crippen LogP contribution in [0, 0.1) is 6.92 Å². The van der Waals surface area contributed by atoms with Crippen molar-refractivity contribution in [2.45, 2.75) is 23.6 Å². The van der Waals surface area contributed by atoms with Gasteiger partial charge >= 0.3 is 0 Å². The van der Waals surface area contributed by atoms with Gasteiger partial charge in [-0.15, -0.1) is 0 Å². The molecule has 5 aromatic rings. The molecule has 2 aliphatic rings. The van der Waals surface area contributed by atoms with E-state index in [9.17, 15) is 8.78 Å². The van der Waals surface area contributed by atoms with Crippen LogP contribution in [-0.4, -0.2) is 27.2 Å². The number of amidine groups is 2. The van der Waals surface area contributed by atoms with Crippen LogP contribution < -0.4 is 10.2 Å². The standard InChI is InChI=1S/C32H24F2N6S/c1-20-27-28(21-10-4-2-5-11-21)39-26-15-9-8-14-25(26)36-29(35-22-16-18-24(19-17-22)41-32(33)34)31(39)37-30(27)40(38-20)23-12-6-3-7-13-23/h2-19,28,32H,1H3,(H,35,36)/t28-/m0/s1. The Bertz CT molecular complexity index is 1780. The van der Waals surface area contributed by atoms with Crippen LogP contribution in [0.5, 0.6) is 0 Å². The van der Waals surface area contributed by atoms with Gasteiger partial charge in [-0.25, -0.2) is 14.7 Å². The number of nitrogens with zero attached hydrogens (tertiary/aromatic N) is 5. The molecule has 1 aromatic heterocycles. The van der Waals surface area contributed by atoms with Crippen molar-refractivity contribution >= 4 is 46.3 Å². The van der Waals surface area contributed by atoms with Gasteiger partial charge in [-0.3, -0.25) is 0 Å². The average Bonchev–Trinajstić information content (AvgIpc) is 3.33. The maximum atomic E-state index is 12.9. The highest BCUT2D eigenvalue weighted by Gasteiger charge is 2.41. The summed E-state index contributed by atoms with van der Waals surface area (Å²) in [5, 5.41) is 8.37. The number of halogens is 2. The number of aromatic nitrogens is 2. The Morgan fingerprint density at radius 1 is 0.805 bits per heavy atom. The summed E-state index contributed by atoms with van der Waals surface area (Å²) >= 11 is 0.521. The second kappa shape index (κ2) is 10.3. The van der Waals surface area contributed by atoms with Crippen molar-refractivity contribution in [3.63, 3.8) is 0 Å². The van der Waals surface area contributed by atoms with Gasteiger partial charge in [0.15, 0.2) is 17.5 Å². The molecule has 0 saturated heterocycles. The molecule has 0 radical (unpaired) electrons. The van der Waals surface area contributed by atoms with E-state index in [1.165, 1.54) is 0 Å². The molecule has 7 rings (SSSR count). The molecule has 6 nitrogen and oxygen atoms in total. The van der Waals surface area contributed by atoms with Gasteiger partial charge in [0, 0.05) is 16.1 Å². The smallest absolute Gasteiger partial charge is 0.288 e. The minimum atomic E-state index is -2.47. The molecule has 0 amide bonds. The van der Waals surface area contributed by atoms with Gasteiger partial charge in [0.05, 0.1) is 28.8 Å². The van der Waals surface area contributed by atoms with Gasteiger partial charge in [0.25, 0.3) is 5.76 Å². The normalized spacial score (nSPS) is 15.5. The van der Waals surface area contributed by atoms with Gasteiger partial charge in [0.1, 0.15) is 0 Å². The van der Waals surface area contributed by atoms with E-state index in [-0.39, 0.29) is 6.04 Å². The highest BCUT2D eigenvalue weighted by molar-refractivity contribution is 7.99. The topological polar surface area (TPSA) is 57.8 Å². The highest BCUT2D eigenvalue weighted by atomic mass is 32.2. The Morgan fingerprint density at radius 2 is 1.49 bits per heavy atom. The molecule has 0 unspecified atom stereocenters. The summed E-state index contributed by atoms with van der Waals surface area (Å²) in [4.78, 5) is 12.9. The quantitative estimate of drug-likeness (QED) is 0.219. The molecule has 1 N–H and O–H groups in total. The number of aliphatic imine (C=N–C) groups is 2. The van der Waals surface area contributed by atoms with Crippen LogP contribution in [-0.2, 0) is 0 Å². The van der Waals surface area contributed by atoms with E-state index in [4.69, 9.17) is 15.1 Å². The van der Waals surface area contributed by atoms with E-state index in [0.29, 0.717) is 28.3 Å².